The van der Waals surface area contributed by atoms with E-state index in [-0.39, 0.29) is 5.88 Å². The van der Waals surface area contributed by atoms with Crippen LogP contribution in [0.15, 0.2) is 16.1 Å². The van der Waals surface area contributed by atoms with Crippen LogP contribution in [0.25, 0.3) is 5.57 Å². The van der Waals surface area contributed by atoms with Gasteiger partial charge in [0.25, 0.3) is 0 Å². The summed E-state index contributed by atoms with van der Waals surface area (Å²) in [7, 11) is -3.11. The minimum atomic E-state index is -3.11. The standard InChI is InChI=1S/C7H7BrN2O2S/c1-5-3-13(11,12)4-10-6(5)2-7(8)9-10/h2-3H,4H2,1H3. The largest absolute Gasteiger partial charge is 0.249 e. The van der Waals surface area contributed by atoms with Crippen LogP contribution in [0, 0.1) is 0 Å². The lowest BCUT2D eigenvalue weighted by atomic mass is 10.2. The van der Waals surface area contributed by atoms with Crippen molar-refractivity contribution in [1.82, 2.24) is 9.78 Å². The molecule has 0 unspecified atom stereocenters. The second kappa shape index (κ2) is 2.68. The summed E-state index contributed by atoms with van der Waals surface area (Å²) in [6.45, 7) is 1.76. The van der Waals surface area contributed by atoms with Crippen molar-refractivity contribution in [2.24, 2.45) is 0 Å². The first-order chi connectivity index (χ1) is 5.98. The quantitative estimate of drug-likeness (QED) is 0.710. The van der Waals surface area contributed by atoms with Crippen LogP contribution in [0.4, 0.5) is 0 Å². The molecule has 1 aliphatic heterocycles. The zero-order chi connectivity index (χ0) is 9.64. The Morgan fingerprint density at radius 1 is 1.62 bits per heavy atom. The summed E-state index contributed by atoms with van der Waals surface area (Å²) in [5.74, 6) is -0.0642. The Morgan fingerprint density at radius 3 is 3.00 bits per heavy atom. The molecule has 70 valence electrons. The minimum Gasteiger partial charge on any atom is -0.249 e. The van der Waals surface area contributed by atoms with Crippen molar-refractivity contribution in [3.05, 3.63) is 21.8 Å². The molecule has 0 bridgehead atoms. The van der Waals surface area contributed by atoms with Crippen LogP contribution in [-0.4, -0.2) is 18.2 Å². The molecule has 6 heteroatoms. The van der Waals surface area contributed by atoms with Gasteiger partial charge in [-0.15, -0.1) is 0 Å². The summed E-state index contributed by atoms with van der Waals surface area (Å²) in [6, 6.07) is 1.81. The second-order valence-electron chi connectivity index (χ2n) is 2.94. The summed E-state index contributed by atoms with van der Waals surface area (Å²) >= 11 is 3.20. The van der Waals surface area contributed by atoms with E-state index in [1.807, 2.05) is 0 Å². The molecule has 0 aliphatic carbocycles. The summed E-state index contributed by atoms with van der Waals surface area (Å²) in [5, 5.41) is 5.30. The number of halogens is 1. The van der Waals surface area contributed by atoms with E-state index >= 15 is 0 Å². The monoisotopic (exact) mass is 262 g/mol. The van der Waals surface area contributed by atoms with Crippen molar-refractivity contribution in [2.45, 2.75) is 12.8 Å². The first-order valence-electron chi connectivity index (χ1n) is 3.63. The number of nitrogens with zero attached hydrogens (tertiary/aromatic N) is 2. The topological polar surface area (TPSA) is 52.0 Å². The van der Waals surface area contributed by atoms with Gasteiger partial charge in [-0.2, -0.15) is 5.10 Å². The van der Waals surface area contributed by atoms with Crippen molar-refractivity contribution < 1.29 is 8.42 Å². The number of allylic oxidation sites excluding steroid dienone is 1. The van der Waals surface area contributed by atoms with Gasteiger partial charge in [0, 0.05) is 5.41 Å². The second-order valence-corrected chi connectivity index (χ2v) is 5.58. The van der Waals surface area contributed by atoms with Crippen LogP contribution in [0.3, 0.4) is 0 Å². The molecule has 0 radical (unpaired) electrons. The van der Waals surface area contributed by atoms with Crippen molar-refractivity contribution >= 4 is 31.3 Å². The average molecular weight is 263 g/mol. The molecule has 0 spiro atoms. The van der Waals surface area contributed by atoms with Crippen molar-refractivity contribution in [2.75, 3.05) is 0 Å². The van der Waals surface area contributed by atoms with E-state index in [0.717, 1.165) is 11.3 Å². The van der Waals surface area contributed by atoms with Crippen molar-refractivity contribution in [3.63, 3.8) is 0 Å². The van der Waals surface area contributed by atoms with Crippen LogP contribution < -0.4 is 0 Å². The fourth-order valence-electron chi connectivity index (χ4n) is 1.34. The highest BCUT2D eigenvalue weighted by Gasteiger charge is 2.20. The van der Waals surface area contributed by atoms with Crippen LogP contribution >= 0.6 is 15.9 Å². The highest BCUT2D eigenvalue weighted by Crippen LogP contribution is 2.24. The fraction of sp³-hybridized carbons (Fsp3) is 0.286. The van der Waals surface area contributed by atoms with Gasteiger partial charge in [0.1, 0.15) is 10.5 Å². The summed E-state index contributed by atoms with van der Waals surface area (Å²) in [5.41, 5.74) is 1.58. The molecule has 0 saturated heterocycles. The number of hydrogen-bond acceptors (Lipinski definition) is 3. The Labute approximate surface area is 84.3 Å². The molecular weight excluding hydrogens is 256 g/mol. The lowest BCUT2D eigenvalue weighted by Crippen LogP contribution is -2.16. The maximum absolute atomic E-state index is 11.3. The molecule has 13 heavy (non-hydrogen) atoms. The zero-order valence-electron chi connectivity index (χ0n) is 6.86. The van der Waals surface area contributed by atoms with Crippen molar-refractivity contribution in [1.29, 1.82) is 0 Å². The Kier molecular flexibility index (Phi) is 1.85. The van der Waals surface area contributed by atoms with E-state index < -0.39 is 9.84 Å². The highest BCUT2D eigenvalue weighted by atomic mass is 79.9. The lowest BCUT2D eigenvalue weighted by Gasteiger charge is -2.11. The summed E-state index contributed by atoms with van der Waals surface area (Å²) in [6.07, 6.45) is 0. The van der Waals surface area contributed by atoms with E-state index in [1.165, 1.54) is 10.1 Å². The molecule has 1 aliphatic rings. The molecule has 2 rings (SSSR count). The minimum absolute atomic E-state index is 0.0642. The third-order valence-electron chi connectivity index (χ3n) is 1.81. The first-order valence-corrected chi connectivity index (χ1v) is 6.13. The molecule has 0 atom stereocenters. The third kappa shape index (κ3) is 1.55. The van der Waals surface area contributed by atoms with Crippen molar-refractivity contribution in [3.8, 4) is 0 Å². The predicted octanol–water partition coefficient (Wildman–Crippen LogP) is 1.39. The summed E-state index contributed by atoms with van der Waals surface area (Å²) < 4.78 is 24.7. The van der Waals surface area contributed by atoms with Gasteiger partial charge in [-0.3, -0.25) is 0 Å². The molecule has 1 aromatic heterocycles. The van der Waals surface area contributed by atoms with Gasteiger partial charge in [0.05, 0.1) is 5.69 Å². The van der Waals surface area contributed by atoms with Crippen LogP contribution in [0.5, 0.6) is 0 Å². The fourth-order valence-corrected chi connectivity index (χ4v) is 3.02. The van der Waals surface area contributed by atoms with Gasteiger partial charge in [0.15, 0.2) is 9.84 Å². The molecule has 4 nitrogen and oxygen atoms in total. The normalized spacial score (nSPS) is 19.4. The molecule has 0 amide bonds. The van der Waals surface area contributed by atoms with E-state index in [9.17, 15) is 8.42 Å². The third-order valence-corrected chi connectivity index (χ3v) is 3.52. The molecule has 0 fully saturated rings. The summed E-state index contributed by atoms with van der Waals surface area (Å²) in [4.78, 5) is 0. The Morgan fingerprint density at radius 2 is 2.31 bits per heavy atom. The highest BCUT2D eigenvalue weighted by molar-refractivity contribution is 9.10. The number of sulfone groups is 1. The molecule has 0 N–H and O–H groups in total. The SMILES string of the molecule is CC1=CS(=O)(=O)Cn2nc(Br)cc21. The van der Waals surface area contributed by atoms with Gasteiger partial charge in [0.2, 0.25) is 0 Å². The van der Waals surface area contributed by atoms with Gasteiger partial charge in [-0.1, -0.05) is 0 Å². The van der Waals surface area contributed by atoms with Gasteiger partial charge in [-0.05, 0) is 34.5 Å². The maximum atomic E-state index is 11.3. The van der Waals surface area contributed by atoms with E-state index in [2.05, 4.69) is 21.0 Å². The smallest absolute Gasteiger partial charge is 0.192 e. The van der Waals surface area contributed by atoms with E-state index in [4.69, 9.17) is 0 Å². The predicted molar refractivity (Wildman–Crippen MR) is 52.5 cm³/mol. The Balaban J connectivity index is 2.67. The molecule has 0 aromatic carbocycles. The molecule has 0 saturated carbocycles. The Bertz CT molecular complexity index is 487. The van der Waals surface area contributed by atoms with Crippen LogP contribution in [0.2, 0.25) is 0 Å². The van der Waals surface area contributed by atoms with Crippen LogP contribution in [-0.2, 0) is 15.7 Å². The maximum Gasteiger partial charge on any atom is 0.192 e. The van der Waals surface area contributed by atoms with Gasteiger partial charge >= 0.3 is 0 Å². The van der Waals surface area contributed by atoms with Crippen LogP contribution in [0.1, 0.15) is 12.6 Å². The molecular formula is C7H7BrN2O2S. The number of fused-ring (bicyclic) bond motifs is 1. The van der Waals surface area contributed by atoms with Gasteiger partial charge < -0.3 is 0 Å². The Hall–Kier alpha value is -0.620. The number of aromatic nitrogens is 2. The molecule has 2 heterocycles. The van der Waals surface area contributed by atoms with E-state index in [0.29, 0.717) is 4.60 Å². The number of rotatable bonds is 0. The lowest BCUT2D eigenvalue weighted by molar-refractivity contribution is 0.580. The first kappa shape index (κ1) is 8.96. The number of hydrogen-bond donors (Lipinski definition) is 0. The van der Waals surface area contributed by atoms with Gasteiger partial charge in [-0.25, -0.2) is 13.1 Å². The van der Waals surface area contributed by atoms with E-state index in [1.54, 1.807) is 13.0 Å². The average Bonchev–Trinajstić information content (AvgIpc) is 2.27. The molecule has 1 aromatic rings. The zero-order valence-corrected chi connectivity index (χ0v) is 9.26.